The monoisotopic (exact) mass is 234 g/mol. The van der Waals surface area contributed by atoms with Crippen molar-refractivity contribution < 1.29 is 9.53 Å². The van der Waals surface area contributed by atoms with Gasteiger partial charge in [-0.25, -0.2) is 0 Å². The fourth-order valence-corrected chi connectivity index (χ4v) is 1.53. The van der Waals surface area contributed by atoms with E-state index in [1.807, 2.05) is 38.1 Å². The number of carbonyl (C=O) groups excluding carboxylic acids is 1. The van der Waals surface area contributed by atoms with Crippen LogP contribution in [0.3, 0.4) is 0 Å². The van der Waals surface area contributed by atoms with E-state index in [1.165, 1.54) is 0 Å². The Morgan fingerprint density at radius 3 is 2.65 bits per heavy atom. The molecule has 1 aliphatic rings. The van der Waals surface area contributed by atoms with Crippen LogP contribution >= 0.6 is 0 Å². The van der Waals surface area contributed by atoms with E-state index < -0.39 is 0 Å². The fourth-order valence-electron chi connectivity index (χ4n) is 1.53. The Balaban J connectivity index is 1.97. The zero-order valence-electron chi connectivity index (χ0n) is 10.2. The van der Waals surface area contributed by atoms with E-state index in [4.69, 9.17) is 4.74 Å². The summed E-state index contributed by atoms with van der Waals surface area (Å²) in [4.78, 5) is 11.6. The van der Waals surface area contributed by atoms with Gasteiger partial charge in [-0.15, -0.1) is 0 Å². The predicted octanol–water partition coefficient (Wildman–Crippen LogP) is 2.09. The molecule has 1 fully saturated rings. The average molecular weight is 234 g/mol. The summed E-state index contributed by atoms with van der Waals surface area (Å²) >= 11 is 0. The van der Waals surface area contributed by atoms with Gasteiger partial charge in [0, 0.05) is 17.3 Å². The Kier molecular flexibility index (Phi) is 3.64. The SMILES string of the molecule is CC(C)C(=O)Nc1cccc(NC2COC2)c1. The second-order valence-corrected chi connectivity index (χ2v) is 4.60. The van der Waals surface area contributed by atoms with Crippen LogP contribution in [0.2, 0.25) is 0 Å². The van der Waals surface area contributed by atoms with Crippen molar-refractivity contribution in [2.24, 2.45) is 5.92 Å². The van der Waals surface area contributed by atoms with E-state index in [0.29, 0.717) is 6.04 Å². The molecule has 0 bridgehead atoms. The van der Waals surface area contributed by atoms with Crippen LogP contribution in [0.15, 0.2) is 24.3 Å². The number of benzene rings is 1. The second-order valence-electron chi connectivity index (χ2n) is 4.60. The molecule has 1 heterocycles. The molecule has 1 aromatic rings. The largest absolute Gasteiger partial charge is 0.378 e. The molecule has 1 amide bonds. The van der Waals surface area contributed by atoms with Crippen molar-refractivity contribution in [2.45, 2.75) is 19.9 Å². The van der Waals surface area contributed by atoms with Crippen LogP contribution in [0.4, 0.5) is 11.4 Å². The first-order valence-corrected chi connectivity index (χ1v) is 5.90. The van der Waals surface area contributed by atoms with E-state index >= 15 is 0 Å². The molecule has 0 aliphatic carbocycles. The maximum atomic E-state index is 11.6. The standard InChI is InChI=1S/C13H18N2O2/c1-9(2)13(16)15-11-5-3-4-10(6-11)14-12-7-17-8-12/h3-6,9,12,14H,7-8H2,1-2H3,(H,15,16). The van der Waals surface area contributed by atoms with Gasteiger partial charge in [0.05, 0.1) is 19.3 Å². The number of nitrogens with one attached hydrogen (secondary N) is 2. The maximum Gasteiger partial charge on any atom is 0.226 e. The number of anilines is 2. The lowest BCUT2D eigenvalue weighted by molar-refractivity contribution is -0.118. The van der Waals surface area contributed by atoms with Gasteiger partial charge in [0.15, 0.2) is 0 Å². The Morgan fingerprint density at radius 2 is 2.06 bits per heavy atom. The molecule has 4 heteroatoms. The Bertz CT molecular complexity index is 400. The van der Waals surface area contributed by atoms with Crippen LogP contribution in [0, 0.1) is 5.92 Å². The Hall–Kier alpha value is -1.55. The Labute approximate surface area is 101 Å². The molecule has 1 saturated heterocycles. The maximum absolute atomic E-state index is 11.6. The zero-order valence-corrected chi connectivity index (χ0v) is 10.2. The molecule has 92 valence electrons. The third kappa shape index (κ3) is 3.20. The highest BCUT2D eigenvalue weighted by atomic mass is 16.5. The van der Waals surface area contributed by atoms with Crippen molar-refractivity contribution in [1.29, 1.82) is 0 Å². The van der Waals surface area contributed by atoms with Gasteiger partial charge < -0.3 is 15.4 Å². The molecule has 0 unspecified atom stereocenters. The highest BCUT2D eigenvalue weighted by Gasteiger charge is 2.17. The predicted molar refractivity (Wildman–Crippen MR) is 68.1 cm³/mol. The van der Waals surface area contributed by atoms with Gasteiger partial charge >= 0.3 is 0 Å². The van der Waals surface area contributed by atoms with Gasteiger partial charge in [0.1, 0.15) is 0 Å². The molecule has 0 spiro atoms. The van der Waals surface area contributed by atoms with Crippen LogP contribution in [0.5, 0.6) is 0 Å². The molecule has 2 rings (SSSR count). The number of ether oxygens (including phenoxy) is 1. The summed E-state index contributed by atoms with van der Waals surface area (Å²) in [5.41, 5.74) is 1.84. The molecule has 4 nitrogen and oxygen atoms in total. The van der Waals surface area contributed by atoms with Crippen LogP contribution in [0.1, 0.15) is 13.8 Å². The minimum atomic E-state index is -0.00773. The first kappa shape index (κ1) is 11.9. The van der Waals surface area contributed by atoms with E-state index in [0.717, 1.165) is 24.6 Å². The van der Waals surface area contributed by atoms with Gasteiger partial charge in [-0.2, -0.15) is 0 Å². The molecule has 0 saturated carbocycles. The number of carbonyl (C=O) groups is 1. The van der Waals surface area contributed by atoms with Crippen LogP contribution in [-0.2, 0) is 9.53 Å². The highest BCUT2D eigenvalue weighted by molar-refractivity contribution is 5.92. The van der Waals surface area contributed by atoms with Gasteiger partial charge in [-0.05, 0) is 18.2 Å². The van der Waals surface area contributed by atoms with Gasteiger partial charge in [0.2, 0.25) is 5.91 Å². The van der Waals surface area contributed by atoms with Crippen molar-refractivity contribution in [1.82, 2.24) is 0 Å². The smallest absolute Gasteiger partial charge is 0.226 e. The van der Waals surface area contributed by atoms with Crippen LogP contribution < -0.4 is 10.6 Å². The molecule has 1 aromatic carbocycles. The summed E-state index contributed by atoms with van der Waals surface area (Å²) in [6.07, 6.45) is 0. The lowest BCUT2D eigenvalue weighted by atomic mass is 10.2. The van der Waals surface area contributed by atoms with E-state index in [1.54, 1.807) is 0 Å². The van der Waals surface area contributed by atoms with E-state index in [-0.39, 0.29) is 11.8 Å². The van der Waals surface area contributed by atoms with Crippen molar-refractivity contribution in [2.75, 3.05) is 23.8 Å². The quantitative estimate of drug-likeness (QED) is 0.838. The first-order chi connectivity index (χ1) is 8.15. The number of rotatable bonds is 4. The van der Waals surface area contributed by atoms with Gasteiger partial charge in [-0.1, -0.05) is 19.9 Å². The number of hydrogen-bond acceptors (Lipinski definition) is 3. The molecular formula is C13H18N2O2. The van der Waals surface area contributed by atoms with Gasteiger partial charge in [-0.3, -0.25) is 4.79 Å². The third-order valence-corrected chi connectivity index (χ3v) is 2.66. The summed E-state index contributed by atoms with van der Waals surface area (Å²) in [7, 11) is 0. The molecule has 0 aromatic heterocycles. The molecule has 2 N–H and O–H groups in total. The third-order valence-electron chi connectivity index (χ3n) is 2.66. The first-order valence-electron chi connectivity index (χ1n) is 5.90. The summed E-state index contributed by atoms with van der Waals surface area (Å²) in [6, 6.07) is 8.15. The van der Waals surface area contributed by atoms with Crippen molar-refractivity contribution in [3.05, 3.63) is 24.3 Å². The van der Waals surface area contributed by atoms with Crippen molar-refractivity contribution in [3.63, 3.8) is 0 Å². The number of amides is 1. The lowest BCUT2D eigenvalue weighted by Gasteiger charge is -2.28. The normalized spacial score (nSPS) is 15.5. The van der Waals surface area contributed by atoms with Gasteiger partial charge in [0.25, 0.3) is 0 Å². The summed E-state index contributed by atoms with van der Waals surface area (Å²) in [5.74, 6) is 0.0285. The van der Waals surface area contributed by atoms with E-state index in [9.17, 15) is 4.79 Å². The second kappa shape index (κ2) is 5.19. The Morgan fingerprint density at radius 1 is 1.35 bits per heavy atom. The highest BCUT2D eigenvalue weighted by Crippen LogP contribution is 2.18. The zero-order chi connectivity index (χ0) is 12.3. The topological polar surface area (TPSA) is 50.4 Å². The number of hydrogen-bond donors (Lipinski definition) is 2. The van der Waals surface area contributed by atoms with E-state index in [2.05, 4.69) is 10.6 Å². The van der Waals surface area contributed by atoms with Crippen molar-refractivity contribution >= 4 is 17.3 Å². The lowest BCUT2D eigenvalue weighted by Crippen LogP contribution is -2.40. The van der Waals surface area contributed by atoms with Crippen molar-refractivity contribution in [3.8, 4) is 0 Å². The molecule has 1 aliphatic heterocycles. The molecular weight excluding hydrogens is 216 g/mol. The van der Waals surface area contributed by atoms with Crippen LogP contribution in [0.25, 0.3) is 0 Å². The average Bonchev–Trinajstić information content (AvgIpc) is 2.24. The minimum absolute atomic E-state index is 0.00773. The minimum Gasteiger partial charge on any atom is -0.378 e. The molecule has 17 heavy (non-hydrogen) atoms. The van der Waals surface area contributed by atoms with Crippen LogP contribution in [-0.4, -0.2) is 25.2 Å². The fraction of sp³-hybridized carbons (Fsp3) is 0.462. The molecule has 0 radical (unpaired) electrons. The summed E-state index contributed by atoms with van der Waals surface area (Å²) < 4.78 is 5.10. The molecule has 0 atom stereocenters. The summed E-state index contributed by atoms with van der Waals surface area (Å²) in [5, 5.41) is 6.23. The summed E-state index contributed by atoms with van der Waals surface area (Å²) in [6.45, 7) is 5.26.